The molecule has 2 aromatic heterocycles. The summed E-state index contributed by atoms with van der Waals surface area (Å²) >= 11 is 0. The number of nitrogens with zero attached hydrogens (tertiary/aromatic N) is 5. The lowest BCUT2D eigenvalue weighted by Crippen LogP contribution is -2.40. The van der Waals surface area contributed by atoms with E-state index in [9.17, 15) is 9.59 Å². The first-order chi connectivity index (χ1) is 18.5. The lowest BCUT2D eigenvalue weighted by atomic mass is 10.2. The second-order valence-electron chi connectivity index (χ2n) is 9.01. The molecular formula is C30H28N6O2. The Hall–Kier alpha value is -4.98. The Kier molecular flexibility index (Phi) is 7.13. The van der Waals surface area contributed by atoms with Gasteiger partial charge < -0.3 is 0 Å². The zero-order valence-electron chi connectivity index (χ0n) is 21.3. The normalized spacial score (nSPS) is 11.9. The lowest BCUT2D eigenvalue weighted by molar-refractivity contribution is 0.653. The van der Waals surface area contributed by atoms with Gasteiger partial charge in [0.2, 0.25) is 5.95 Å². The predicted molar refractivity (Wildman–Crippen MR) is 153 cm³/mol. The van der Waals surface area contributed by atoms with Gasteiger partial charge in [0.25, 0.3) is 5.56 Å². The molecule has 3 aromatic carbocycles. The van der Waals surface area contributed by atoms with Crippen molar-refractivity contribution in [2.45, 2.75) is 20.0 Å². The largest absolute Gasteiger partial charge is 0.332 e. The molecule has 0 aliphatic carbocycles. The Balaban J connectivity index is 1.59. The maximum atomic E-state index is 13.7. The molecule has 0 atom stereocenters. The predicted octanol–water partition coefficient (Wildman–Crippen LogP) is 4.49. The van der Waals surface area contributed by atoms with Crippen molar-refractivity contribution in [3.63, 3.8) is 0 Å². The number of hydrogen-bond acceptors (Lipinski definition) is 5. The molecule has 8 heteroatoms. The molecule has 1 N–H and O–H groups in total. The van der Waals surface area contributed by atoms with Crippen LogP contribution in [0.25, 0.3) is 17.2 Å². The van der Waals surface area contributed by atoms with Crippen molar-refractivity contribution >= 4 is 28.9 Å². The average molecular weight is 505 g/mol. The first kappa shape index (κ1) is 24.7. The molecule has 0 bridgehead atoms. The number of aromatic nitrogens is 4. The van der Waals surface area contributed by atoms with E-state index in [4.69, 9.17) is 0 Å². The van der Waals surface area contributed by atoms with Crippen molar-refractivity contribution in [1.29, 1.82) is 0 Å². The van der Waals surface area contributed by atoms with Crippen molar-refractivity contribution in [2.24, 2.45) is 12.1 Å². The summed E-state index contributed by atoms with van der Waals surface area (Å²) in [7, 11) is 1.63. The number of rotatable bonds is 8. The van der Waals surface area contributed by atoms with E-state index in [1.807, 2.05) is 110 Å². The van der Waals surface area contributed by atoms with Crippen LogP contribution in [0.3, 0.4) is 0 Å². The topological polar surface area (TPSA) is 86.2 Å². The third kappa shape index (κ3) is 5.24. The summed E-state index contributed by atoms with van der Waals surface area (Å²) in [6.07, 6.45) is 3.87. The summed E-state index contributed by atoms with van der Waals surface area (Å²) in [6.45, 7) is 2.43. The zero-order valence-corrected chi connectivity index (χ0v) is 21.3. The number of allylic oxidation sites excluding steroid dienone is 1. The van der Waals surface area contributed by atoms with Crippen molar-refractivity contribution < 1.29 is 0 Å². The minimum atomic E-state index is -0.423. The molecular weight excluding hydrogens is 476 g/mol. The summed E-state index contributed by atoms with van der Waals surface area (Å²) in [5.74, 6) is 0.376. The molecule has 38 heavy (non-hydrogen) atoms. The highest BCUT2D eigenvalue weighted by molar-refractivity contribution is 5.96. The van der Waals surface area contributed by atoms with Gasteiger partial charge in [-0.15, -0.1) is 0 Å². The summed E-state index contributed by atoms with van der Waals surface area (Å²) in [5, 5.41) is 4.48. The van der Waals surface area contributed by atoms with E-state index in [0.29, 0.717) is 23.7 Å². The molecule has 2 heterocycles. The molecule has 0 unspecified atom stereocenters. The van der Waals surface area contributed by atoms with E-state index in [2.05, 4.69) is 15.5 Å². The summed E-state index contributed by atoms with van der Waals surface area (Å²) in [4.78, 5) is 31.6. The summed E-state index contributed by atoms with van der Waals surface area (Å²) < 4.78 is 4.45. The minimum Gasteiger partial charge on any atom is -0.298 e. The molecule has 0 fully saturated rings. The fourth-order valence-electron chi connectivity index (χ4n) is 4.24. The van der Waals surface area contributed by atoms with Crippen LogP contribution in [0.1, 0.15) is 23.6 Å². The molecule has 5 rings (SSSR count). The number of imidazole rings is 1. The van der Waals surface area contributed by atoms with Crippen molar-refractivity contribution in [3.05, 3.63) is 135 Å². The number of hydrazone groups is 1. The van der Waals surface area contributed by atoms with Crippen molar-refractivity contribution in [1.82, 2.24) is 18.7 Å². The van der Waals surface area contributed by atoms with Crippen LogP contribution in [0.2, 0.25) is 0 Å². The second kappa shape index (κ2) is 11.0. The molecule has 0 saturated carbocycles. The smallest absolute Gasteiger partial charge is 0.298 e. The van der Waals surface area contributed by atoms with E-state index in [1.165, 1.54) is 9.13 Å². The van der Waals surface area contributed by atoms with Crippen LogP contribution < -0.4 is 16.7 Å². The van der Waals surface area contributed by atoms with Crippen LogP contribution in [0.4, 0.5) is 5.95 Å². The Morgan fingerprint density at radius 3 is 2.00 bits per heavy atom. The number of benzene rings is 3. The molecule has 0 saturated heterocycles. The van der Waals surface area contributed by atoms with Gasteiger partial charge in [-0.1, -0.05) is 97.1 Å². The van der Waals surface area contributed by atoms with Crippen molar-refractivity contribution in [3.8, 4) is 0 Å². The van der Waals surface area contributed by atoms with Crippen LogP contribution in [0, 0.1) is 0 Å². The van der Waals surface area contributed by atoms with Gasteiger partial charge >= 0.3 is 5.69 Å². The van der Waals surface area contributed by atoms with Crippen LogP contribution in [0.5, 0.6) is 0 Å². The van der Waals surface area contributed by atoms with Crippen LogP contribution in [-0.4, -0.2) is 24.4 Å². The van der Waals surface area contributed by atoms with Gasteiger partial charge in [0.1, 0.15) is 0 Å². The Morgan fingerprint density at radius 2 is 1.39 bits per heavy atom. The standard InChI is InChI=1S/C30H28N6O2/c1-22(18-19-23-12-6-3-7-13-23)32-33-29-31-27-26(35(29)20-24-14-8-4-9-15-24)28(37)36(30(38)34(27)2)21-25-16-10-5-11-17-25/h3-19H,20-21H2,1-2H3,(H,31,33)/b19-18+,32-22-. The number of aryl methyl sites for hydroxylation is 1. The first-order valence-electron chi connectivity index (χ1n) is 12.3. The summed E-state index contributed by atoms with van der Waals surface area (Å²) in [5.41, 5.74) is 6.49. The molecule has 0 radical (unpaired) electrons. The van der Waals surface area contributed by atoms with Crippen LogP contribution in [-0.2, 0) is 20.1 Å². The number of hydrogen-bond donors (Lipinski definition) is 1. The van der Waals surface area contributed by atoms with E-state index in [-0.39, 0.29) is 6.54 Å². The quantitative estimate of drug-likeness (QED) is 0.249. The fourth-order valence-corrected chi connectivity index (χ4v) is 4.24. The third-order valence-electron chi connectivity index (χ3n) is 6.25. The minimum absolute atomic E-state index is 0.170. The molecule has 0 amide bonds. The number of fused-ring (bicyclic) bond motifs is 1. The molecule has 8 nitrogen and oxygen atoms in total. The zero-order chi connectivity index (χ0) is 26.5. The van der Waals surface area contributed by atoms with E-state index >= 15 is 0 Å². The van der Waals surface area contributed by atoms with Crippen LogP contribution >= 0.6 is 0 Å². The number of nitrogens with one attached hydrogen (secondary N) is 1. The highest BCUT2D eigenvalue weighted by Gasteiger charge is 2.20. The van der Waals surface area contributed by atoms with Gasteiger partial charge in [-0.3, -0.25) is 18.5 Å². The highest BCUT2D eigenvalue weighted by Crippen LogP contribution is 2.18. The van der Waals surface area contributed by atoms with E-state index in [0.717, 1.165) is 22.4 Å². The van der Waals surface area contributed by atoms with Gasteiger partial charge in [0.15, 0.2) is 11.2 Å². The Labute approximate surface area is 219 Å². The van der Waals surface area contributed by atoms with Gasteiger partial charge in [-0.25, -0.2) is 10.2 Å². The maximum Gasteiger partial charge on any atom is 0.332 e. The van der Waals surface area contributed by atoms with E-state index < -0.39 is 11.2 Å². The SMILES string of the molecule is CC(/C=C/c1ccccc1)=N/Nc1nc2c(c(=O)n(Cc3ccccc3)c(=O)n2C)n1Cc1ccccc1. The molecule has 0 aliphatic rings. The van der Waals surface area contributed by atoms with Crippen LogP contribution in [0.15, 0.2) is 112 Å². The average Bonchev–Trinajstić information content (AvgIpc) is 3.31. The van der Waals surface area contributed by atoms with Crippen molar-refractivity contribution in [2.75, 3.05) is 5.43 Å². The summed E-state index contributed by atoms with van der Waals surface area (Å²) in [6, 6.07) is 29.2. The van der Waals surface area contributed by atoms with E-state index in [1.54, 1.807) is 11.6 Å². The van der Waals surface area contributed by atoms with Gasteiger partial charge in [0.05, 0.1) is 18.8 Å². The molecule has 190 valence electrons. The maximum absolute atomic E-state index is 13.7. The van der Waals surface area contributed by atoms with Gasteiger partial charge in [-0.05, 0) is 29.7 Å². The Bertz CT molecular complexity index is 1730. The van der Waals surface area contributed by atoms with Gasteiger partial charge in [0, 0.05) is 7.05 Å². The molecule has 0 aliphatic heterocycles. The lowest BCUT2D eigenvalue weighted by Gasteiger charge is -2.11. The first-order valence-corrected chi connectivity index (χ1v) is 12.3. The third-order valence-corrected chi connectivity index (χ3v) is 6.25. The second-order valence-corrected chi connectivity index (χ2v) is 9.01. The highest BCUT2D eigenvalue weighted by atomic mass is 16.2. The fraction of sp³-hybridized carbons (Fsp3) is 0.133. The molecule has 5 aromatic rings. The monoisotopic (exact) mass is 504 g/mol. The van der Waals surface area contributed by atoms with Gasteiger partial charge in [-0.2, -0.15) is 10.1 Å². The number of anilines is 1. The molecule has 0 spiro atoms. The Morgan fingerprint density at radius 1 is 0.842 bits per heavy atom.